The lowest BCUT2D eigenvalue weighted by Gasteiger charge is -2.08. The molecule has 0 radical (unpaired) electrons. The standard InChI is InChI=1S/C15H13NO3S/c1-19-12-5-4-10-6-9(2-3-11(10)8-12)7-13-14(17)16-15(18)20-13/h2-6,8,13H,7H2,1H3,(H,16,17,18). The van der Waals surface area contributed by atoms with Crippen LogP contribution in [0.2, 0.25) is 0 Å². The summed E-state index contributed by atoms with van der Waals surface area (Å²) in [6, 6.07) is 11.9. The number of ether oxygens (including phenoxy) is 1. The highest BCUT2D eigenvalue weighted by Crippen LogP contribution is 2.26. The van der Waals surface area contributed by atoms with E-state index in [-0.39, 0.29) is 16.4 Å². The average Bonchev–Trinajstić information content (AvgIpc) is 2.76. The first-order valence-electron chi connectivity index (χ1n) is 6.24. The van der Waals surface area contributed by atoms with Crippen molar-refractivity contribution in [2.45, 2.75) is 11.7 Å². The number of carbonyl (C=O) groups excluding carboxylic acids is 2. The van der Waals surface area contributed by atoms with Gasteiger partial charge in [0.2, 0.25) is 5.91 Å². The lowest BCUT2D eigenvalue weighted by Crippen LogP contribution is -2.25. The number of carbonyl (C=O) groups is 2. The summed E-state index contributed by atoms with van der Waals surface area (Å²) in [5, 5.41) is 3.91. The fourth-order valence-corrected chi connectivity index (χ4v) is 3.13. The summed E-state index contributed by atoms with van der Waals surface area (Å²) in [6.45, 7) is 0. The molecule has 2 amide bonds. The molecule has 1 aliphatic rings. The topological polar surface area (TPSA) is 55.4 Å². The van der Waals surface area contributed by atoms with Gasteiger partial charge in [0.15, 0.2) is 0 Å². The quantitative estimate of drug-likeness (QED) is 0.943. The Balaban J connectivity index is 1.86. The monoisotopic (exact) mass is 287 g/mol. The van der Waals surface area contributed by atoms with Crippen LogP contribution in [-0.4, -0.2) is 23.5 Å². The van der Waals surface area contributed by atoms with Gasteiger partial charge in [-0.25, -0.2) is 0 Å². The van der Waals surface area contributed by atoms with E-state index in [4.69, 9.17) is 4.74 Å². The van der Waals surface area contributed by atoms with Gasteiger partial charge >= 0.3 is 0 Å². The van der Waals surface area contributed by atoms with Crippen molar-refractivity contribution in [1.29, 1.82) is 0 Å². The summed E-state index contributed by atoms with van der Waals surface area (Å²) < 4.78 is 5.19. The molecule has 0 spiro atoms. The van der Waals surface area contributed by atoms with Gasteiger partial charge in [-0.2, -0.15) is 0 Å². The first-order valence-corrected chi connectivity index (χ1v) is 7.12. The number of hydrogen-bond donors (Lipinski definition) is 1. The maximum absolute atomic E-state index is 11.6. The number of benzene rings is 2. The number of amides is 2. The van der Waals surface area contributed by atoms with Crippen LogP contribution in [0.15, 0.2) is 36.4 Å². The molecule has 0 aliphatic carbocycles. The Hall–Kier alpha value is -2.01. The molecule has 20 heavy (non-hydrogen) atoms. The van der Waals surface area contributed by atoms with Crippen LogP contribution in [0, 0.1) is 0 Å². The number of nitrogens with one attached hydrogen (secondary N) is 1. The van der Waals surface area contributed by atoms with Crippen molar-refractivity contribution in [1.82, 2.24) is 5.32 Å². The van der Waals surface area contributed by atoms with E-state index in [1.54, 1.807) is 7.11 Å². The molecular formula is C15H13NO3S. The van der Waals surface area contributed by atoms with E-state index in [1.807, 2.05) is 36.4 Å². The molecule has 2 aromatic rings. The van der Waals surface area contributed by atoms with E-state index in [2.05, 4.69) is 5.32 Å². The van der Waals surface area contributed by atoms with Crippen molar-refractivity contribution in [3.05, 3.63) is 42.0 Å². The molecule has 1 unspecified atom stereocenters. The number of fused-ring (bicyclic) bond motifs is 1. The predicted octanol–water partition coefficient (Wildman–Crippen LogP) is 2.74. The molecule has 1 atom stereocenters. The molecule has 1 saturated heterocycles. The molecule has 4 nitrogen and oxygen atoms in total. The van der Waals surface area contributed by atoms with Gasteiger partial charge in [-0.1, -0.05) is 36.0 Å². The van der Waals surface area contributed by atoms with Gasteiger partial charge in [0.1, 0.15) is 5.75 Å². The Morgan fingerprint density at radius 1 is 1.15 bits per heavy atom. The first-order chi connectivity index (χ1) is 9.65. The zero-order chi connectivity index (χ0) is 14.1. The smallest absolute Gasteiger partial charge is 0.286 e. The summed E-state index contributed by atoms with van der Waals surface area (Å²) >= 11 is 1.06. The number of rotatable bonds is 3. The van der Waals surface area contributed by atoms with Gasteiger partial charge in [0.25, 0.3) is 5.24 Å². The second-order valence-electron chi connectivity index (χ2n) is 4.63. The highest BCUT2D eigenvalue weighted by atomic mass is 32.2. The Bertz CT molecular complexity index is 699. The van der Waals surface area contributed by atoms with Crippen molar-refractivity contribution in [3.8, 4) is 5.75 Å². The zero-order valence-electron chi connectivity index (χ0n) is 10.9. The molecule has 102 valence electrons. The third-order valence-corrected chi connectivity index (χ3v) is 4.28. The number of methoxy groups -OCH3 is 1. The van der Waals surface area contributed by atoms with E-state index in [0.717, 1.165) is 33.8 Å². The molecule has 2 aromatic carbocycles. The Morgan fingerprint density at radius 3 is 2.60 bits per heavy atom. The molecule has 1 fully saturated rings. The average molecular weight is 287 g/mol. The molecule has 0 aromatic heterocycles. The van der Waals surface area contributed by atoms with E-state index in [1.165, 1.54) is 0 Å². The number of thioether (sulfide) groups is 1. The fraction of sp³-hybridized carbons (Fsp3) is 0.200. The van der Waals surface area contributed by atoms with Crippen LogP contribution in [0.5, 0.6) is 5.75 Å². The molecule has 0 saturated carbocycles. The Labute approximate surface area is 120 Å². The van der Waals surface area contributed by atoms with Crippen molar-refractivity contribution in [3.63, 3.8) is 0 Å². The third kappa shape index (κ3) is 2.49. The first kappa shape index (κ1) is 13.0. The van der Waals surface area contributed by atoms with E-state index < -0.39 is 0 Å². The van der Waals surface area contributed by atoms with Crippen molar-refractivity contribution in [2.24, 2.45) is 0 Å². The normalized spacial score (nSPS) is 18.4. The van der Waals surface area contributed by atoms with Crippen LogP contribution in [0.3, 0.4) is 0 Å². The van der Waals surface area contributed by atoms with Crippen molar-refractivity contribution >= 4 is 33.7 Å². The molecular weight excluding hydrogens is 274 g/mol. The Kier molecular flexibility index (Phi) is 3.36. The van der Waals surface area contributed by atoms with Gasteiger partial charge in [-0.15, -0.1) is 0 Å². The van der Waals surface area contributed by atoms with Gasteiger partial charge in [-0.3, -0.25) is 14.9 Å². The predicted molar refractivity (Wildman–Crippen MR) is 79.1 cm³/mol. The van der Waals surface area contributed by atoms with Gasteiger partial charge in [0, 0.05) is 0 Å². The second-order valence-corrected chi connectivity index (χ2v) is 5.81. The molecule has 0 bridgehead atoms. The maximum Gasteiger partial charge on any atom is 0.286 e. The zero-order valence-corrected chi connectivity index (χ0v) is 11.7. The minimum Gasteiger partial charge on any atom is -0.497 e. The van der Waals surface area contributed by atoms with E-state index in [9.17, 15) is 9.59 Å². The van der Waals surface area contributed by atoms with E-state index >= 15 is 0 Å². The van der Waals surface area contributed by atoms with E-state index in [0.29, 0.717) is 6.42 Å². The molecule has 5 heteroatoms. The van der Waals surface area contributed by atoms with Crippen LogP contribution in [0.25, 0.3) is 10.8 Å². The molecule has 1 heterocycles. The SMILES string of the molecule is COc1ccc2cc(CC3SC(=O)NC3=O)ccc2c1. The second kappa shape index (κ2) is 5.17. The summed E-state index contributed by atoms with van der Waals surface area (Å²) in [5.74, 6) is 0.622. The minimum atomic E-state index is -0.321. The molecule has 1 aliphatic heterocycles. The molecule has 1 N–H and O–H groups in total. The molecule has 3 rings (SSSR count). The lowest BCUT2D eigenvalue weighted by molar-refractivity contribution is -0.118. The van der Waals surface area contributed by atoms with Gasteiger partial charge < -0.3 is 4.74 Å². The van der Waals surface area contributed by atoms with Crippen LogP contribution in [0.4, 0.5) is 4.79 Å². The highest BCUT2D eigenvalue weighted by molar-refractivity contribution is 8.15. The summed E-state index contributed by atoms with van der Waals surface area (Å²) in [4.78, 5) is 22.7. The third-order valence-electron chi connectivity index (χ3n) is 3.30. The number of hydrogen-bond acceptors (Lipinski definition) is 4. The van der Waals surface area contributed by atoms with Crippen LogP contribution >= 0.6 is 11.8 Å². The van der Waals surface area contributed by atoms with Crippen LogP contribution in [0.1, 0.15) is 5.56 Å². The van der Waals surface area contributed by atoms with Gasteiger partial charge in [0.05, 0.1) is 12.4 Å². The number of imide groups is 1. The minimum absolute atomic E-state index is 0.199. The van der Waals surface area contributed by atoms with Gasteiger partial charge in [-0.05, 0) is 34.9 Å². The Morgan fingerprint density at radius 2 is 1.90 bits per heavy atom. The van der Waals surface area contributed by atoms with Crippen LogP contribution < -0.4 is 10.1 Å². The summed E-state index contributed by atoms with van der Waals surface area (Å²) in [5.41, 5.74) is 1.05. The van der Waals surface area contributed by atoms with Crippen LogP contribution in [-0.2, 0) is 11.2 Å². The summed E-state index contributed by atoms with van der Waals surface area (Å²) in [7, 11) is 1.64. The lowest BCUT2D eigenvalue weighted by atomic mass is 10.0. The fourth-order valence-electron chi connectivity index (χ4n) is 2.27. The van der Waals surface area contributed by atoms with Crippen molar-refractivity contribution < 1.29 is 14.3 Å². The maximum atomic E-state index is 11.6. The largest absolute Gasteiger partial charge is 0.497 e. The van der Waals surface area contributed by atoms with Crippen molar-refractivity contribution in [2.75, 3.05) is 7.11 Å². The summed E-state index contributed by atoms with van der Waals surface area (Å²) in [6.07, 6.45) is 0.560. The highest BCUT2D eigenvalue weighted by Gasteiger charge is 2.31.